The molecule has 126 valence electrons. The van der Waals surface area contributed by atoms with Crippen LogP contribution in [0, 0.1) is 0 Å². The normalized spacial score (nSPS) is 19.3. The third-order valence-electron chi connectivity index (χ3n) is 4.84. The molecule has 0 N–H and O–H groups in total. The van der Waals surface area contributed by atoms with Crippen LogP contribution in [0.1, 0.15) is 12.7 Å². The van der Waals surface area contributed by atoms with Crippen molar-refractivity contribution in [2.24, 2.45) is 14.1 Å². The van der Waals surface area contributed by atoms with Crippen LogP contribution < -0.4 is 4.90 Å². The summed E-state index contributed by atoms with van der Waals surface area (Å²) in [5, 5.41) is 5.33. The summed E-state index contributed by atoms with van der Waals surface area (Å²) in [6.45, 7) is 6.00. The zero-order valence-corrected chi connectivity index (χ0v) is 14.3. The van der Waals surface area contributed by atoms with Gasteiger partial charge in [0.15, 0.2) is 5.65 Å². The molecule has 3 aromatic rings. The number of imidazole rings is 1. The molecule has 0 amide bonds. The van der Waals surface area contributed by atoms with Gasteiger partial charge in [-0.15, -0.1) is 0 Å². The molecule has 0 bridgehead atoms. The molecule has 8 heteroatoms. The molecule has 1 aliphatic heterocycles. The summed E-state index contributed by atoms with van der Waals surface area (Å²) in [6, 6.07) is 0.428. The Hall–Kier alpha value is -2.48. The van der Waals surface area contributed by atoms with E-state index in [1.54, 1.807) is 11.0 Å². The van der Waals surface area contributed by atoms with Crippen LogP contribution in [-0.2, 0) is 20.6 Å². The highest BCUT2D eigenvalue weighted by molar-refractivity contribution is 5.86. The molecule has 1 atom stereocenters. The maximum absolute atomic E-state index is 4.52. The first-order valence-corrected chi connectivity index (χ1v) is 8.21. The average Bonchev–Trinajstić information content (AvgIpc) is 3.16. The van der Waals surface area contributed by atoms with E-state index in [9.17, 15) is 0 Å². The molecule has 4 rings (SSSR count). The minimum absolute atomic E-state index is 0.428. The van der Waals surface area contributed by atoms with Crippen LogP contribution in [0.3, 0.4) is 0 Å². The first-order valence-electron chi connectivity index (χ1n) is 8.21. The van der Waals surface area contributed by atoms with Gasteiger partial charge in [-0.3, -0.25) is 9.58 Å². The van der Waals surface area contributed by atoms with Crippen LogP contribution in [0.4, 0.5) is 5.82 Å². The number of aryl methyl sites for hydroxylation is 2. The number of nitrogens with zero attached hydrogens (tertiary/aromatic N) is 8. The van der Waals surface area contributed by atoms with Crippen molar-refractivity contribution < 1.29 is 0 Å². The standard InChI is InChI=1S/C16H22N8/c1-12-9-24(7-6-23(12)10-14-17-4-5-21(14)2)16-13-8-20-22(3)15(13)18-11-19-16/h4-5,8,11-12H,6-7,9-10H2,1-3H3/t12-/m0/s1. The first kappa shape index (κ1) is 15.1. The van der Waals surface area contributed by atoms with Gasteiger partial charge < -0.3 is 9.47 Å². The number of piperazine rings is 1. The van der Waals surface area contributed by atoms with Gasteiger partial charge in [-0.2, -0.15) is 5.10 Å². The summed E-state index contributed by atoms with van der Waals surface area (Å²) >= 11 is 0. The highest BCUT2D eigenvalue weighted by atomic mass is 15.3. The molecule has 24 heavy (non-hydrogen) atoms. The number of hydrogen-bond donors (Lipinski definition) is 0. The number of hydrogen-bond acceptors (Lipinski definition) is 6. The molecule has 4 heterocycles. The molecular formula is C16H22N8. The third-order valence-corrected chi connectivity index (χ3v) is 4.84. The van der Waals surface area contributed by atoms with E-state index in [1.165, 1.54) is 0 Å². The van der Waals surface area contributed by atoms with Gasteiger partial charge in [0.25, 0.3) is 0 Å². The Morgan fingerprint density at radius 1 is 1.17 bits per heavy atom. The monoisotopic (exact) mass is 326 g/mol. The lowest BCUT2D eigenvalue weighted by Gasteiger charge is -2.40. The van der Waals surface area contributed by atoms with Gasteiger partial charge in [0.2, 0.25) is 0 Å². The second-order valence-corrected chi connectivity index (χ2v) is 6.42. The Labute approximate surface area is 140 Å². The molecule has 0 aromatic carbocycles. The van der Waals surface area contributed by atoms with Gasteiger partial charge in [-0.25, -0.2) is 15.0 Å². The second-order valence-electron chi connectivity index (χ2n) is 6.42. The lowest BCUT2D eigenvalue weighted by molar-refractivity contribution is 0.175. The number of rotatable bonds is 3. The van der Waals surface area contributed by atoms with Crippen molar-refractivity contribution in [1.29, 1.82) is 0 Å². The average molecular weight is 326 g/mol. The summed E-state index contributed by atoms with van der Waals surface area (Å²) in [4.78, 5) is 18.1. The Morgan fingerprint density at radius 3 is 2.79 bits per heavy atom. The fraction of sp³-hybridized carbons (Fsp3) is 0.500. The fourth-order valence-electron chi connectivity index (χ4n) is 3.35. The predicted molar refractivity (Wildman–Crippen MR) is 91.6 cm³/mol. The van der Waals surface area contributed by atoms with Crippen molar-refractivity contribution in [2.75, 3.05) is 24.5 Å². The summed E-state index contributed by atoms with van der Waals surface area (Å²) in [6.07, 6.45) is 7.34. The number of anilines is 1. The molecule has 0 saturated carbocycles. The quantitative estimate of drug-likeness (QED) is 0.709. The Morgan fingerprint density at radius 2 is 2.04 bits per heavy atom. The number of fused-ring (bicyclic) bond motifs is 1. The van der Waals surface area contributed by atoms with Gasteiger partial charge in [0.05, 0.1) is 18.1 Å². The van der Waals surface area contributed by atoms with E-state index in [0.29, 0.717) is 6.04 Å². The molecule has 3 aromatic heterocycles. The summed E-state index contributed by atoms with van der Waals surface area (Å²) < 4.78 is 3.88. The van der Waals surface area contributed by atoms with Gasteiger partial charge >= 0.3 is 0 Å². The van der Waals surface area contributed by atoms with Gasteiger partial charge in [-0.05, 0) is 6.92 Å². The van der Waals surface area contributed by atoms with Gasteiger partial charge in [0.1, 0.15) is 18.0 Å². The molecule has 0 aliphatic carbocycles. The van der Waals surface area contributed by atoms with Crippen molar-refractivity contribution in [3.8, 4) is 0 Å². The Balaban J connectivity index is 1.53. The molecule has 1 aliphatic rings. The summed E-state index contributed by atoms with van der Waals surface area (Å²) in [5.74, 6) is 2.09. The second kappa shape index (κ2) is 5.86. The molecule has 1 fully saturated rings. The van der Waals surface area contributed by atoms with Crippen LogP contribution in [0.5, 0.6) is 0 Å². The SMILES string of the molecule is C[C@H]1CN(c2ncnc3c2cnn3C)CCN1Cc1nccn1C. The number of aromatic nitrogens is 6. The topological polar surface area (TPSA) is 67.9 Å². The van der Waals surface area contributed by atoms with Crippen molar-refractivity contribution in [3.05, 3.63) is 30.7 Å². The highest BCUT2D eigenvalue weighted by Gasteiger charge is 2.26. The predicted octanol–water partition coefficient (Wildman–Crippen LogP) is 0.807. The van der Waals surface area contributed by atoms with Crippen LogP contribution >= 0.6 is 0 Å². The minimum Gasteiger partial charge on any atom is -0.353 e. The van der Waals surface area contributed by atoms with Crippen LogP contribution in [0.25, 0.3) is 11.0 Å². The van der Waals surface area contributed by atoms with Crippen molar-refractivity contribution in [3.63, 3.8) is 0 Å². The smallest absolute Gasteiger partial charge is 0.163 e. The van der Waals surface area contributed by atoms with Gasteiger partial charge in [0, 0.05) is 52.2 Å². The van der Waals surface area contributed by atoms with E-state index < -0.39 is 0 Å². The van der Waals surface area contributed by atoms with Crippen molar-refractivity contribution >= 4 is 16.9 Å². The Bertz CT molecular complexity index is 851. The fourth-order valence-corrected chi connectivity index (χ4v) is 3.35. The van der Waals surface area contributed by atoms with E-state index >= 15 is 0 Å². The van der Waals surface area contributed by atoms with Crippen LogP contribution in [-0.4, -0.2) is 59.9 Å². The zero-order chi connectivity index (χ0) is 16.7. The highest BCUT2D eigenvalue weighted by Crippen LogP contribution is 2.25. The van der Waals surface area contributed by atoms with E-state index in [1.807, 2.05) is 32.7 Å². The Kier molecular flexibility index (Phi) is 3.68. The maximum atomic E-state index is 4.52. The lowest BCUT2D eigenvalue weighted by Crippen LogP contribution is -2.52. The summed E-state index contributed by atoms with van der Waals surface area (Å²) in [5.41, 5.74) is 0.878. The molecule has 1 saturated heterocycles. The van der Waals surface area contributed by atoms with E-state index in [4.69, 9.17) is 0 Å². The van der Waals surface area contributed by atoms with E-state index in [-0.39, 0.29) is 0 Å². The molecule has 0 spiro atoms. The van der Waals surface area contributed by atoms with E-state index in [0.717, 1.165) is 48.9 Å². The molecule has 0 radical (unpaired) electrons. The van der Waals surface area contributed by atoms with E-state index in [2.05, 4.69) is 41.3 Å². The van der Waals surface area contributed by atoms with Crippen LogP contribution in [0.15, 0.2) is 24.9 Å². The molecule has 8 nitrogen and oxygen atoms in total. The molecule has 0 unspecified atom stereocenters. The minimum atomic E-state index is 0.428. The van der Waals surface area contributed by atoms with Gasteiger partial charge in [-0.1, -0.05) is 0 Å². The third kappa shape index (κ3) is 2.52. The first-order chi connectivity index (χ1) is 11.6. The van der Waals surface area contributed by atoms with Crippen molar-refractivity contribution in [2.45, 2.75) is 19.5 Å². The largest absolute Gasteiger partial charge is 0.353 e. The molecular weight excluding hydrogens is 304 g/mol. The zero-order valence-electron chi connectivity index (χ0n) is 14.3. The maximum Gasteiger partial charge on any atom is 0.163 e. The lowest BCUT2D eigenvalue weighted by atomic mass is 10.2. The van der Waals surface area contributed by atoms with Crippen molar-refractivity contribution in [1.82, 2.24) is 34.2 Å². The van der Waals surface area contributed by atoms with Crippen LogP contribution in [0.2, 0.25) is 0 Å². The summed E-state index contributed by atoms with van der Waals surface area (Å²) in [7, 11) is 3.95.